The van der Waals surface area contributed by atoms with Crippen molar-refractivity contribution in [2.75, 3.05) is 30.7 Å². The van der Waals surface area contributed by atoms with Crippen molar-refractivity contribution in [2.45, 2.75) is 44.9 Å². The Morgan fingerprint density at radius 3 is 2.48 bits per heavy atom. The first-order valence-electron chi connectivity index (χ1n) is 8.98. The molecule has 1 fully saturated rings. The number of carbonyl (C=O) groups excluding carboxylic acids is 2. The second kappa shape index (κ2) is 9.82. The zero-order valence-corrected chi connectivity index (χ0v) is 16.2. The molecule has 0 aliphatic carbocycles. The van der Waals surface area contributed by atoms with Crippen LogP contribution in [-0.2, 0) is 9.59 Å². The molecule has 0 bridgehead atoms. The summed E-state index contributed by atoms with van der Waals surface area (Å²) < 4.78 is 0. The molecule has 2 amide bonds. The van der Waals surface area contributed by atoms with Gasteiger partial charge in [-0.15, -0.1) is 11.8 Å². The maximum Gasteiger partial charge on any atom is 0.234 e. The molecule has 1 aromatic rings. The molecular weight excluding hydrogens is 334 g/mol. The second-order valence-electron chi connectivity index (χ2n) is 6.58. The Balaban J connectivity index is 1.68. The molecule has 0 spiro atoms. The van der Waals surface area contributed by atoms with Crippen molar-refractivity contribution in [2.24, 2.45) is 0 Å². The van der Waals surface area contributed by atoms with Crippen LogP contribution < -0.4 is 10.6 Å². The molecule has 0 radical (unpaired) electrons. The molecule has 1 saturated heterocycles. The number of hydrogen-bond donors (Lipinski definition) is 2. The van der Waals surface area contributed by atoms with E-state index in [9.17, 15) is 9.59 Å². The Morgan fingerprint density at radius 1 is 1.24 bits per heavy atom. The first-order valence-corrected chi connectivity index (χ1v) is 10.0. The maximum absolute atomic E-state index is 12.3. The Labute approximate surface area is 154 Å². The molecule has 0 aromatic heterocycles. The van der Waals surface area contributed by atoms with Crippen molar-refractivity contribution in [3.05, 3.63) is 29.8 Å². The molecule has 1 aliphatic rings. The molecule has 1 heterocycles. The first kappa shape index (κ1) is 19.8. The van der Waals surface area contributed by atoms with Crippen LogP contribution in [0.1, 0.15) is 32.3 Å². The van der Waals surface area contributed by atoms with E-state index in [2.05, 4.69) is 22.5 Å². The molecule has 5 nitrogen and oxygen atoms in total. The van der Waals surface area contributed by atoms with Crippen LogP contribution in [0, 0.1) is 6.92 Å². The Morgan fingerprint density at radius 2 is 1.88 bits per heavy atom. The fourth-order valence-electron chi connectivity index (χ4n) is 2.82. The Kier molecular flexibility index (Phi) is 7.78. The average Bonchev–Trinajstić information content (AvgIpc) is 2.62. The van der Waals surface area contributed by atoms with Crippen molar-refractivity contribution in [1.29, 1.82) is 0 Å². The molecule has 0 saturated carbocycles. The predicted octanol–water partition coefficient (Wildman–Crippen LogP) is 2.66. The van der Waals surface area contributed by atoms with Gasteiger partial charge in [-0.2, -0.15) is 0 Å². The van der Waals surface area contributed by atoms with E-state index in [1.54, 1.807) is 0 Å². The van der Waals surface area contributed by atoms with E-state index in [1.165, 1.54) is 11.8 Å². The lowest BCUT2D eigenvalue weighted by molar-refractivity contribution is -0.121. The maximum atomic E-state index is 12.3. The number of carbonyl (C=O) groups is 2. The van der Waals surface area contributed by atoms with E-state index in [0.29, 0.717) is 0 Å². The zero-order valence-electron chi connectivity index (χ0n) is 15.4. The van der Waals surface area contributed by atoms with Crippen LogP contribution >= 0.6 is 11.8 Å². The number of aryl methyl sites for hydroxylation is 1. The van der Waals surface area contributed by atoms with Crippen LogP contribution in [0.25, 0.3) is 0 Å². The number of benzene rings is 1. The molecule has 1 aliphatic heterocycles. The Hall–Kier alpha value is -1.53. The molecule has 1 atom stereocenters. The van der Waals surface area contributed by atoms with Gasteiger partial charge in [-0.3, -0.25) is 9.59 Å². The summed E-state index contributed by atoms with van der Waals surface area (Å²) in [6, 6.07) is 7.96. The Bertz CT molecular complexity index is 569. The lowest BCUT2D eigenvalue weighted by atomic mass is 10.1. The third-order valence-corrected chi connectivity index (χ3v) is 5.69. The summed E-state index contributed by atoms with van der Waals surface area (Å²) >= 11 is 1.37. The van der Waals surface area contributed by atoms with Crippen LogP contribution in [0.3, 0.4) is 0 Å². The molecule has 25 heavy (non-hydrogen) atoms. The van der Waals surface area contributed by atoms with E-state index >= 15 is 0 Å². The fraction of sp³-hybridized carbons (Fsp3) is 0.579. The quantitative estimate of drug-likeness (QED) is 0.782. The standard InChI is InChI=1S/C19H29N3O2S/c1-4-22-11-9-17(10-12-22)21-19(24)15(3)25-13-18(23)20-16-7-5-14(2)6-8-16/h5-8,15,17H,4,9-13H2,1-3H3,(H,20,23)(H,21,24). The molecule has 2 rings (SSSR count). The molecule has 6 heteroatoms. The van der Waals surface area contributed by atoms with Gasteiger partial charge in [-0.1, -0.05) is 24.6 Å². The van der Waals surface area contributed by atoms with Gasteiger partial charge in [0.1, 0.15) is 0 Å². The number of thioether (sulfide) groups is 1. The molecule has 1 unspecified atom stereocenters. The van der Waals surface area contributed by atoms with Crippen LogP contribution in [0.2, 0.25) is 0 Å². The van der Waals surface area contributed by atoms with Gasteiger partial charge in [0.25, 0.3) is 0 Å². The second-order valence-corrected chi connectivity index (χ2v) is 7.91. The molecule has 1 aromatic carbocycles. The lowest BCUT2D eigenvalue weighted by Gasteiger charge is -2.31. The van der Waals surface area contributed by atoms with Crippen LogP contribution in [0.5, 0.6) is 0 Å². The zero-order chi connectivity index (χ0) is 18.2. The lowest BCUT2D eigenvalue weighted by Crippen LogP contribution is -2.46. The van der Waals surface area contributed by atoms with Crippen LogP contribution in [-0.4, -0.2) is 53.4 Å². The van der Waals surface area contributed by atoms with Crippen LogP contribution in [0.4, 0.5) is 5.69 Å². The summed E-state index contributed by atoms with van der Waals surface area (Å²) in [7, 11) is 0. The van der Waals surface area contributed by atoms with Crippen molar-refractivity contribution in [1.82, 2.24) is 10.2 Å². The summed E-state index contributed by atoms with van der Waals surface area (Å²) in [5, 5.41) is 5.76. The topological polar surface area (TPSA) is 61.4 Å². The number of nitrogens with one attached hydrogen (secondary N) is 2. The van der Waals surface area contributed by atoms with Gasteiger partial charge in [0.05, 0.1) is 11.0 Å². The predicted molar refractivity (Wildman–Crippen MR) is 105 cm³/mol. The number of likely N-dealkylation sites (tertiary alicyclic amines) is 1. The highest BCUT2D eigenvalue weighted by Gasteiger charge is 2.22. The van der Waals surface area contributed by atoms with Gasteiger partial charge in [-0.25, -0.2) is 0 Å². The average molecular weight is 364 g/mol. The van der Waals surface area contributed by atoms with Gasteiger partial charge in [0.15, 0.2) is 0 Å². The molecule has 2 N–H and O–H groups in total. The van der Waals surface area contributed by atoms with Crippen LogP contribution in [0.15, 0.2) is 24.3 Å². The SMILES string of the molecule is CCN1CCC(NC(=O)C(C)SCC(=O)Nc2ccc(C)cc2)CC1. The normalized spacial score (nSPS) is 17.1. The summed E-state index contributed by atoms with van der Waals surface area (Å²) in [5.41, 5.74) is 1.94. The van der Waals surface area contributed by atoms with E-state index < -0.39 is 0 Å². The van der Waals surface area contributed by atoms with Gasteiger partial charge < -0.3 is 15.5 Å². The van der Waals surface area contributed by atoms with E-state index in [1.807, 2.05) is 38.1 Å². The minimum atomic E-state index is -0.229. The summed E-state index contributed by atoms with van der Waals surface area (Å²) in [4.78, 5) is 26.7. The first-order chi connectivity index (χ1) is 12.0. The van der Waals surface area contributed by atoms with E-state index in [0.717, 1.165) is 43.7 Å². The minimum Gasteiger partial charge on any atom is -0.352 e. The largest absolute Gasteiger partial charge is 0.352 e. The third kappa shape index (κ3) is 6.71. The van der Waals surface area contributed by atoms with E-state index in [4.69, 9.17) is 0 Å². The van der Waals surface area contributed by atoms with Crippen molar-refractivity contribution in [3.8, 4) is 0 Å². The van der Waals surface area contributed by atoms with E-state index in [-0.39, 0.29) is 28.9 Å². The fourth-order valence-corrected chi connectivity index (χ4v) is 3.52. The van der Waals surface area contributed by atoms with Crippen molar-refractivity contribution < 1.29 is 9.59 Å². The molecular formula is C19H29N3O2S. The number of amides is 2. The minimum absolute atomic E-state index is 0.0306. The highest BCUT2D eigenvalue weighted by Crippen LogP contribution is 2.15. The number of piperidine rings is 1. The molecule has 138 valence electrons. The van der Waals surface area contributed by atoms with Gasteiger partial charge in [0.2, 0.25) is 11.8 Å². The highest BCUT2D eigenvalue weighted by atomic mass is 32.2. The monoisotopic (exact) mass is 363 g/mol. The summed E-state index contributed by atoms with van der Waals surface area (Å²) in [5.74, 6) is 0.226. The van der Waals surface area contributed by atoms with Gasteiger partial charge in [-0.05, 0) is 45.4 Å². The third-order valence-electron chi connectivity index (χ3n) is 4.55. The number of anilines is 1. The van der Waals surface area contributed by atoms with Crippen molar-refractivity contribution in [3.63, 3.8) is 0 Å². The van der Waals surface area contributed by atoms with Gasteiger partial charge >= 0.3 is 0 Å². The smallest absolute Gasteiger partial charge is 0.234 e. The summed E-state index contributed by atoms with van der Waals surface area (Å²) in [6.07, 6.45) is 2.01. The summed E-state index contributed by atoms with van der Waals surface area (Å²) in [6.45, 7) is 9.19. The number of nitrogens with zero attached hydrogens (tertiary/aromatic N) is 1. The number of rotatable bonds is 7. The van der Waals surface area contributed by atoms with Crippen molar-refractivity contribution >= 4 is 29.3 Å². The highest BCUT2D eigenvalue weighted by molar-refractivity contribution is 8.01. The number of hydrogen-bond acceptors (Lipinski definition) is 4. The van der Waals surface area contributed by atoms with Gasteiger partial charge in [0, 0.05) is 24.8 Å².